The van der Waals surface area contributed by atoms with Gasteiger partial charge in [0, 0.05) is 49.4 Å². The van der Waals surface area contributed by atoms with E-state index < -0.39 is 0 Å². The Bertz CT molecular complexity index is 380. The van der Waals surface area contributed by atoms with Gasteiger partial charge in [-0.05, 0) is 39.2 Å². The average molecular weight is 251 g/mol. The fourth-order valence-corrected chi connectivity index (χ4v) is 2.19. The molecule has 3 N–H and O–H groups in total. The third-order valence-electron chi connectivity index (χ3n) is 3.20. The molecule has 1 aromatic heterocycles. The van der Waals surface area contributed by atoms with Gasteiger partial charge >= 0.3 is 0 Å². The molecule has 0 unspecified atom stereocenters. The first-order valence-corrected chi connectivity index (χ1v) is 6.59. The number of aromatic nitrogens is 1. The number of aliphatic hydroxyl groups is 1. The van der Waals surface area contributed by atoms with Gasteiger partial charge in [-0.25, -0.2) is 0 Å². The molecule has 0 radical (unpaired) electrons. The Balaban J connectivity index is 2.74. The summed E-state index contributed by atoms with van der Waals surface area (Å²) in [6.07, 6.45) is 3.02. The Morgan fingerprint density at radius 3 is 2.61 bits per heavy atom. The SMILES string of the molecule is Cc1cc(N(C)CCCCCO)c(CN)c(C)n1. The van der Waals surface area contributed by atoms with Crippen molar-refractivity contribution in [1.29, 1.82) is 0 Å². The summed E-state index contributed by atoms with van der Waals surface area (Å²) in [5, 5.41) is 8.77. The summed E-state index contributed by atoms with van der Waals surface area (Å²) in [6, 6.07) is 2.10. The Labute approximate surface area is 110 Å². The molecule has 4 nitrogen and oxygen atoms in total. The zero-order valence-corrected chi connectivity index (χ0v) is 11.7. The van der Waals surface area contributed by atoms with Crippen LogP contribution in [0.25, 0.3) is 0 Å². The van der Waals surface area contributed by atoms with E-state index in [0.29, 0.717) is 6.54 Å². The van der Waals surface area contributed by atoms with E-state index in [-0.39, 0.29) is 6.61 Å². The van der Waals surface area contributed by atoms with Crippen molar-refractivity contribution in [3.8, 4) is 0 Å². The van der Waals surface area contributed by atoms with Crippen LogP contribution in [0.5, 0.6) is 0 Å². The first kappa shape index (κ1) is 14.9. The van der Waals surface area contributed by atoms with Crippen LogP contribution in [0.3, 0.4) is 0 Å². The molecule has 0 bridgehead atoms. The summed E-state index contributed by atoms with van der Waals surface area (Å²) in [5.74, 6) is 0. The van der Waals surface area contributed by atoms with E-state index in [0.717, 1.165) is 42.8 Å². The maximum absolute atomic E-state index is 8.77. The van der Waals surface area contributed by atoms with Gasteiger partial charge in [-0.2, -0.15) is 0 Å². The molecule has 1 aromatic rings. The number of unbranched alkanes of at least 4 members (excludes halogenated alkanes) is 2. The molecule has 1 rings (SSSR count). The second kappa shape index (κ2) is 7.34. The second-order valence-corrected chi connectivity index (χ2v) is 4.76. The predicted molar refractivity (Wildman–Crippen MR) is 75.8 cm³/mol. The van der Waals surface area contributed by atoms with Crippen LogP contribution in [-0.4, -0.2) is 30.3 Å². The Morgan fingerprint density at radius 1 is 1.28 bits per heavy atom. The summed E-state index contributed by atoms with van der Waals surface area (Å²) in [7, 11) is 2.09. The standard InChI is InChI=1S/C14H25N3O/c1-11-9-14(13(10-15)12(2)16-11)17(3)7-5-4-6-8-18/h9,18H,4-8,10,15H2,1-3H3. The van der Waals surface area contributed by atoms with Crippen molar-refractivity contribution in [1.82, 2.24) is 4.98 Å². The summed E-state index contributed by atoms with van der Waals surface area (Å²) in [6.45, 7) is 5.81. The van der Waals surface area contributed by atoms with Gasteiger partial charge in [0.25, 0.3) is 0 Å². The predicted octanol–water partition coefficient (Wildman–Crippen LogP) is 1.76. The summed E-state index contributed by atoms with van der Waals surface area (Å²) in [4.78, 5) is 6.69. The molecule has 0 aliphatic heterocycles. The number of hydrogen-bond donors (Lipinski definition) is 2. The molecule has 0 saturated heterocycles. The number of rotatable bonds is 7. The lowest BCUT2D eigenvalue weighted by Gasteiger charge is -2.23. The van der Waals surface area contributed by atoms with Crippen molar-refractivity contribution in [2.45, 2.75) is 39.7 Å². The quantitative estimate of drug-likeness (QED) is 0.725. The summed E-state index contributed by atoms with van der Waals surface area (Å²) >= 11 is 0. The number of aryl methyl sites for hydroxylation is 2. The number of nitrogens with zero attached hydrogens (tertiary/aromatic N) is 2. The molecule has 0 aromatic carbocycles. The largest absolute Gasteiger partial charge is 0.396 e. The van der Waals surface area contributed by atoms with E-state index in [1.807, 2.05) is 13.8 Å². The molecule has 0 spiro atoms. The first-order valence-electron chi connectivity index (χ1n) is 6.59. The van der Waals surface area contributed by atoms with E-state index in [9.17, 15) is 0 Å². The van der Waals surface area contributed by atoms with Crippen LogP contribution in [0.4, 0.5) is 5.69 Å². The fourth-order valence-electron chi connectivity index (χ4n) is 2.19. The zero-order chi connectivity index (χ0) is 13.5. The average Bonchev–Trinajstić information content (AvgIpc) is 2.33. The lowest BCUT2D eigenvalue weighted by Crippen LogP contribution is -2.22. The van der Waals surface area contributed by atoms with Gasteiger partial charge in [-0.15, -0.1) is 0 Å². The lowest BCUT2D eigenvalue weighted by atomic mass is 10.1. The smallest absolute Gasteiger partial charge is 0.0445 e. The van der Waals surface area contributed by atoms with Gasteiger partial charge in [-0.1, -0.05) is 0 Å². The number of anilines is 1. The van der Waals surface area contributed by atoms with Crippen LogP contribution in [-0.2, 0) is 6.54 Å². The molecular formula is C14H25N3O. The highest BCUT2D eigenvalue weighted by Crippen LogP contribution is 2.23. The van der Waals surface area contributed by atoms with Crippen LogP contribution in [0.15, 0.2) is 6.07 Å². The van der Waals surface area contributed by atoms with E-state index in [4.69, 9.17) is 10.8 Å². The maximum atomic E-state index is 8.77. The molecule has 18 heavy (non-hydrogen) atoms. The van der Waals surface area contributed by atoms with Crippen LogP contribution in [0.1, 0.15) is 36.2 Å². The zero-order valence-electron chi connectivity index (χ0n) is 11.7. The molecule has 102 valence electrons. The number of hydrogen-bond acceptors (Lipinski definition) is 4. The molecular weight excluding hydrogens is 226 g/mol. The van der Waals surface area contributed by atoms with Gasteiger partial charge in [0.1, 0.15) is 0 Å². The van der Waals surface area contributed by atoms with Crippen molar-refractivity contribution in [2.24, 2.45) is 5.73 Å². The number of aliphatic hydroxyl groups excluding tert-OH is 1. The highest BCUT2D eigenvalue weighted by atomic mass is 16.2. The van der Waals surface area contributed by atoms with Gasteiger partial charge in [0.15, 0.2) is 0 Å². The third-order valence-corrected chi connectivity index (χ3v) is 3.20. The monoisotopic (exact) mass is 251 g/mol. The lowest BCUT2D eigenvalue weighted by molar-refractivity contribution is 0.283. The number of pyridine rings is 1. The normalized spacial score (nSPS) is 10.7. The minimum absolute atomic E-state index is 0.283. The van der Waals surface area contributed by atoms with Crippen molar-refractivity contribution < 1.29 is 5.11 Å². The van der Waals surface area contributed by atoms with Crippen LogP contribution >= 0.6 is 0 Å². The first-order chi connectivity index (χ1) is 8.60. The Hall–Kier alpha value is -1.13. The van der Waals surface area contributed by atoms with Crippen LogP contribution < -0.4 is 10.6 Å². The van der Waals surface area contributed by atoms with Gasteiger partial charge in [0.05, 0.1) is 0 Å². The topological polar surface area (TPSA) is 62.4 Å². The molecule has 4 heteroatoms. The Morgan fingerprint density at radius 2 is 2.00 bits per heavy atom. The molecule has 0 saturated carbocycles. The summed E-state index contributed by atoms with van der Waals surface area (Å²) in [5.41, 5.74) is 10.2. The van der Waals surface area contributed by atoms with Gasteiger partial charge in [0.2, 0.25) is 0 Å². The van der Waals surface area contributed by atoms with Gasteiger partial charge in [-0.3, -0.25) is 4.98 Å². The Kier molecular flexibility index (Phi) is 6.09. The highest BCUT2D eigenvalue weighted by molar-refractivity contribution is 5.55. The van der Waals surface area contributed by atoms with Crippen molar-refractivity contribution in [2.75, 3.05) is 25.1 Å². The highest BCUT2D eigenvalue weighted by Gasteiger charge is 2.10. The van der Waals surface area contributed by atoms with E-state index >= 15 is 0 Å². The molecule has 1 heterocycles. The molecule has 0 aliphatic carbocycles. The fraction of sp³-hybridized carbons (Fsp3) is 0.643. The third kappa shape index (κ3) is 3.96. The minimum atomic E-state index is 0.283. The van der Waals surface area contributed by atoms with E-state index in [1.54, 1.807) is 0 Å². The molecule has 0 aliphatic rings. The van der Waals surface area contributed by atoms with Crippen LogP contribution in [0.2, 0.25) is 0 Å². The van der Waals surface area contributed by atoms with Crippen molar-refractivity contribution >= 4 is 5.69 Å². The van der Waals surface area contributed by atoms with Crippen molar-refractivity contribution in [3.63, 3.8) is 0 Å². The molecule has 0 atom stereocenters. The van der Waals surface area contributed by atoms with Crippen LogP contribution in [0, 0.1) is 13.8 Å². The minimum Gasteiger partial charge on any atom is -0.396 e. The van der Waals surface area contributed by atoms with E-state index in [2.05, 4.69) is 23.0 Å². The number of nitrogens with two attached hydrogens (primary N) is 1. The van der Waals surface area contributed by atoms with Gasteiger partial charge < -0.3 is 15.7 Å². The van der Waals surface area contributed by atoms with Crippen molar-refractivity contribution in [3.05, 3.63) is 23.0 Å². The second-order valence-electron chi connectivity index (χ2n) is 4.76. The van der Waals surface area contributed by atoms with E-state index in [1.165, 1.54) is 5.69 Å². The maximum Gasteiger partial charge on any atom is 0.0445 e. The molecule has 0 fully saturated rings. The molecule has 0 amide bonds. The summed E-state index contributed by atoms with van der Waals surface area (Å²) < 4.78 is 0.